The molecular weight excluding hydrogens is 255 g/mol. The summed E-state index contributed by atoms with van der Waals surface area (Å²) in [5.41, 5.74) is 1.03. The van der Waals surface area contributed by atoms with E-state index >= 15 is 0 Å². The molecule has 0 unspecified atom stereocenters. The van der Waals surface area contributed by atoms with Gasteiger partial charge in [0, 0.05) is 19.5 Å². The zero-order valence-electron chi connectivity index (χ0n) is 12.9. The van der Waals surface area contributed by atoms with Crippen molar-refractivity contribution in [3.8, 4) is 0 Å². The molecule has 0 fully saturated rings. The largest absolute Gasteiger partial charge is 0.356 e. The van der Waals surface area contributed by atoms with Crippen molar-refractivity contribution >= 4 is 5.91 Å². The monoisotopic (exact) mass is 280 g/mol. The normalized spacial score (nSPS) is 11.7. The minimum atomic E-state index is -0.247. The predicted octanol–water partition coefficient (Wildman–Crippen LogP) is 2.46. The van der Waals surface area contributed by atoms with Gasteiger partial charge in [0.25, 0.3) is 0 Å². The van der Waals surface area contributed by atoms with Gasteiger partial charge in [-0.05, 0) is 43.6 Å². The second-order valence-corrected chi connectivity index (χ2v) is 6.31. The Bertz CT molecular complexity index is 427. The molecule has 1 aromatic rings. The molecule has 0 aliphatic heterocycles. The summed E-state index contributed by atoms with van der Waals surface area (Å²) in [6.07, 6.45) is 1.07. The molecule has 1 amide bonds. The average molecular weight is 280 g/mol. The van der Waals surface area contributed by atoms with Gasteiger partial charge in [-0.2, -0.15) is 0 Å². The summed E-state index contributed by atoms with van der Waals surface area (Å²) in [6.45, 7) is 5.85. The summed E-state index contributed by atoms with van der Waals surface area (Å²) in [4.78, 5) is 13.9. The summed E-state index contributed by atoms with van der Waals surface area (Å²) in [5.74, 6) is -0.204. The van der Waals surface area contributed by atoms with Gasteiger partial charge in [-0.1, -0.05) is 26.0 Å². The molecule has 0 aliphatic rings. The van der Waals surface area contributed by atoms with Crippen molar-refractivity contribution in [3.05, 3.63) is 35.6 Å². The standard InChI is InChI=1S/C16H25FN2O/c1-16(2,12-19(3)4)11-18-15(20)10-7-13-5-8-14(17)9-6-13/h5-6,8-9H,7,10-12H2,1-4H3,(H,18,20). The van der Waals surface area contributed by atoms with Gasteiger partial charge in [-0.3, -0.25) is 4.79 Å². The Kier molecular flexibility index (Phi) is 6.14. The molecule has 0 heterocycles. The van der Waals surface area contributed by atoms with Crippen LogP contribution < -0.4 is 5.32 Å². The van der Waals surface area contributed by atoms with Crippen LogP contribution in [0.1, 0.15) is 25.8 Å². The maximum Gasteiger partial charge on any atom is 0.220 e. The topological polar surface area (TPSA) is 32.3 Å². The quantitative estimate of drug-likeness (QED) is 0.832. The second-order valence-electron chi connectivity index (χ2n) is 6.31. The maximum atomic E-state index is 12.8. The van der Waals surface area contributed by atoms with Gasteiger partial charge in [0.15, 0.2) is 0 Å². The third-order valence-corrected chi connectivity index (χ3v) is 3.06. The number of carbonyl (C=O) groups excluding carboxylic acids is 1. The van der Waals surface area contributed by atoms with E-state index in [9.17, 15) is 9.18 Å². The predicted molar refractivity (Wildman–Crippen MR) is 80.1 cm³/mol. The van der Waals surface area contributed by atoms with Gasteiger partial charge in [0.05, 0.1) is 0 Å². The molecule has 0 saturated heterocycles. The van der Waals surface area contributed by atoms with Crippen molar-refractivity contribution in [2.75, 3.05) is 27.2 Å². The Labute approximate surface area is 121 Å². The minimum Gasteiger partial charge on any atom is -0.356 e. The highest BCUT2D eigenvalue weighted by atomic mass is 19.1. The molecule has 4 heteroatoms. The van der Waals surface area contributed by atoms with Crippen molar-refractivity contribution in [2.45, 2.75) is 26.7 Å². The van der Waals surface area contributed by atoms with Crippen LogP contribution in [0.3, 0.4) is 0 Å². The van der Waals surface area contributed by atoms with Crippen molar-refractivity contribution in [3.63, 3.8) is 0 Å². The average Bonchev–Trinajstić information content (AvgIpc) is 2.34. The number of benzene rings is 1. The van der Waals surface area contributed by atoms with Crippen LogP contribution in [0.5, 0.6) is 0 Å². The molecule has 0 saturated carbocycles. The third-order valence-electron chi connectivity index (χ3n) is 3.06. The number of nitrogens with one attached hydrogen (secondary N) is 1. The van der Waals surface area contributed by atoms with E-state index in [2.05, 4.69) is 24.1 Å². The SMILES string of the molecule is CN(C)CC(C)(C)CNC(=O)CCc1ccc(F)cc1. The first-order valence-corrected chi connectivity index (χ1v) is 6.94. The molecule has 112 valence electrons. The van der Waals surface area contributed by atoms with Crippen LogP contribution in [-0.4, -0.2) is 38.0 Å². The van der Waals surface area contributed by atoms with E-state index in [0.29, 0.717) is 19.4 Å². The lowest BCUT2D eigenvalue weighted by molar-refractivity contribution is -0.121. The van der Waals surface area contributed by atoms with Gasteiger partial charge in [-0.25, -0.2) is 4.39 Å². The van der Waals surface area contributed by atoms with E-state index in [1.54, 1.807) is 12.1 Å². The Hall–Kier alpha value is -1.42. The van der Waals surface area contributed by atoms with Gasteiger partial charge in [0.2, 0.25) is 5.91 Å². The van der Waals surface area contributed by atoms with E-state index in [1.165, 1.54) is 12.1 Å². The molecule has 0 radical (unpaired) electrons. The highest BCUT2D eigenvalue weighted by Gasteiger charge is 2.19. The molecule has 0 aromatic heterocycles. The molecular formula is C16H25FN2O. The smallest absolute Gasteiger partial charge is 0.220 e. The number of rotatable bonds is 7. The lowest BCUT2D eigenvalue weighted by Crippen LogP contribution is -2.40. The number of halogens is 1. The number of hydrogen-bond donors (Lipinski definition) is 1. The van der Waals surface area contributed by atoms with Gasteiger partial charge < -0.3 is 10.2 Å². The van der Waals surface area contributed by atoms with Crippen LogP contribution in [0.4, 0.5) is 4.39 Å². The van der Waals surface area contributed by atoms with E-state index in [4.69, 9.17) is 0 Å². The van der Waals surface area contributed by atoms with E-state index in [1.807, 2.05) is 14.1 Å². The molecule has 0 bridgehead atoms. The molecule has 0 atom stereocenters. The van der Waals surface area contributed by atoms with E-state index in [0.717, 1.165) is 12.1 Å². The Balaban J connectivity index is 2.32. The lowest BCUT2D eigenvalue weighted by Gasteiger charge is -2.28. The van der Waals surface area contributed by atoms with Crippen LogP contribution in [0.25, 0.3) is 0 Å². The summed E-state index contributed by atoms with van der Waals surface area (Å²) < 4.78 is 12.8. The van der Waals surface area contributed by atoms with Crippen LogP contribution >= 0.6 is 0 Å². The fraction of sp³-hybridized carbons (Fsp3) is 0.562. The first kappa shape index (κ1) is 16.6. The third kappa shape index (κ3) is 6.66. The zero-order chi connectivity index (χ0) is 15.2. The Morgan fingerprint density at radius 3 is 2.40 bits per heavy atom. The fourth-order valence-corrected chi connectivity index (χ4v) is 2.25. The molecule has 1 N–H and O–H groups in total. The number of carbonyl (C=O) groups is 1. The maximum absolute atomic E-state index is 12.8. The summed E-state index contributed by atoms with van der Waals surface area (Å²) >= 11 is 0. The second kappa shape index (κ2) is 7.39. The Morgan fingerprint density at radius 1 is 1.25 bits per heavy atom. The number of amides is 1. The highest BCUT2D eigenvalue weighted by molar-refractivity contribution is 5.76. The van der Waals surface area contributed by atoms with Crippen LogP contribution in [-0.2, 0) is 11.2 Å². The van der Waals surface area contributed by atoms with E-state index < -0.39 is 0 Å². The Morgan fingerprint density at radius 2 is 1.85 bits per heavy atom. The minimum absolute atomic E-state index is 0.0427. The highest BCUT2D eigenvalue weighted by Crippen LogP contribution is 2.14. The van der Waals surface area contributed by atoms with E-state index in [-0.39, 0.29) is 17.1 Å². The van der Waals surface area contributed by atoms with Crippen molar-refractivity contribution in [1.82, 2.24) is 10.2 Å². The first-order valence-electron chi connectivity index (χ1n) is 6.94. The van der Waals surface area contributed by atoms with Gasteiger partial charge in [0.1, 0.15) is 5.82 Å². The van der Waals surface area contributed by atoms with Crippen LogP contribution in [0.2, 0.25) is 0 Å². The van der Waals surface area contributed by atoms with Gasteiger partial charge >= 0.3 is 0 Å². The number of hydrogen-bond acceptors (Lipinski definition) is 2. The van der Waals surface area contributed by atoms with Crippen molar-refractivity contribution in [1.29, 1.82) is 0 Å². The summed E-state index contributed by atoms with van der Waals surface area (Å²) in [7, 11) is 4.05. The lowest BCUT2D eigenvalue weighted by atomic mass is 9.93. The molecule has 1 aromatic carbocycles. The van der Waals surface area contributed by atoms with Crippen LogP contribution in [0, 0.1) is 11.2 Å². The summed E-state index contributed by atoms with van der Waals surface area (Å²) in [5, 5.41) is 2.97. The zero-order valence-corrected chi connectivity index (χ0v) is 12.9. The first-order chi connectivity index (χ1) is 9.28. The van der Waals surface area contributed by atoms with Crippen molar-refractivity contribution in [2.24, 2.45) is 5.41 Å². The number of nitrogens with zero attached hydrogens (tertiary/aromatic N) is 1. The molecule has 1 rings (SSSR count). The summed E-state index contributed by atoms with van der Waals surface area (Å²) in [6, 6.07) is 6.29. The van der Waals surface area contributed by atoms with Crippen LogP contribution in [0.15, 0.2) is 24.3 Å². The molecule has 0 aliphatic carbocycles. The molecule has 3 nitrogen and oxygen atoms in total. The number of aryl methyl sites for hydroxylation is 1. The molecule has 0 spiro atoms. The van der Waals surface area contributed by atoms with Gasteiger partial charge in [-0.15, -0.1) is 0 Å². The molecule has 20 heavy (non-hydrogen) atoms. The van der Waals surface area contributed by atoms with Crippen molar-refractivity contribution < 1.29 is 9.18 Å². The fourth-order valence-electron chi connectivity index (χ4n) is 2.25.